The summed E-state index contributed by atoms with van der Waals surface area (Å²) in [6.45, 7) is 4.29. The van der Waals surface area contributed by atoms with E-state index in [1.54, 1.807) is 6.20 Å². The molecule has 0 aliphatic carbocycles. The summed E-state index contributed by atoms with van der Waals surface area (Å²) in [6.07, 6.45) is 3.56. The Morgan fingerprint density at radius 1 is 1.44 bits per heavy atom. The number of nitrogens with two attached hydrogens (primary N) is 1. The molecule has 2 aromatic rings. The third-order valence-corrected chi connectivity index (χ3v) is 2.50. The molecular weight excluding hydrogens is 202 g/mol. The molecule has 0 amide bonds. The Balaban J connectivity index is 2.40. The number of hydrogen-bond acceptors (Lipinski definition) is 4. The van der Waals surface area contributed by atoms with Gasteiger partial charge in [-0.15, -0.1) is 0 Å². The van der Waals surface area contributed by atoms with E-state index in [1.807, 2.05) is 36.9 Å². The second-order valence-corrected chi connectivity index (χ2v) is 3.69. The number of nitrogens with zero attached hydrogens (tertiary/aromatic N) is 4. The lowest BCUT2D eigenvalue weighted by Gasteiger charge is -2.16. The van der Waals surface area contributed by atoms with Crippen molar-refractivity contribution in [1.82, 2.24) is 19.7 Å². The Morgan fingerprint density at radius 3 is 2.75 bits per heavy atom. The van der Waals surface area contributed by atoms with E-state index in [1.165, 1.54) is 0 Å². The molecule has 84 valence electrons. The van der Waals surface area contributed by atoms with E-state index < -0.39 is 0 Å². The SMILES string of the molecule is Cc1nc(C)n(C(CN)c2cccnc2)n1. The summed E-state index contributed by atoms with van der Waals surface area (Å²) in [5.41, 5.74) is 6.85. The highest BCUT2D eigenvalue weighted by molar-refractivity contribution is 5.16. The van der Waals surface area contributed by atoms with Crippen LogP contribution in [0.25, 0.3) is 0 Å². The van der Waals surface area contributed by atoms with Crippen LogP contribution in [-0.2, 0) is 0 Å². The van der Waals surface area contributed by atoms with Gasteiger partial charge in [0.25, 0.3) is 0 Å². The molecule has 16 heavy (non-hydrogen) atoms. The Morgan fingerprint density at radius 2 is 2.25 bits per heavy atom. The van der Waals surface area contributed by atoms with Crippen LogP contribution in [0, 0.1) is 13.8 Å². The zero-order valence-corrected chi connectivity index (χ0v) is 9.46. The topological polar surface area (TPSA) is 69.6 Å². The first-order chi connectivity index (χ1) is 7.72. The van der Waals surface area contributed by atoms with Crippen molar-refractivity contribution in [1.29, 1.82) is 0 Å². The first kappa shape index (κ1) is 10.8. The zero-order chi connectivity index (χ0) is 11.5. The second kappa shape index (κ2) is 4.40. The van der Waals surface area contributed by atoms with Crippen LogP contribution in [-0.4, -0.2) is 26.3 Å². The molecule has 0 saturated heterocycles. The maximum Gasteiger partial charge on any atom is 0.147 e. The van der Waals surface area contributed by atoms with E-state index in [0.717, 1.165) is 17.2 Å². The number of aryl methyl sites for hydroxylation is 2. The van der Waals surface area contributed by atoms with Crippen molar-refractivity contribution >= 4 is 0 Å². The molecule has 2 rings (SSSR count). The molecule has 2 N–H and O–H groups in total. The van der Waals surface area contributed by atoms with Gasteiger partial charge in [-0.05, 0) is 25.5 Å². The van der Waals surface area contributed by atoms with E-state index in [-0.39, 0.29) is 6.04 Å². The first-order valence-electron chi connectivity index (χ1n) is 5.22. The lowest BCUT2D eigenvalue weighted by atomic mass is 10.1. The van der Waals surface area contributed by atoms with Gasteiger partial charge in [0, 0.05) is 18.9 Å². The van der Waals surface area contributed by atoms with Crippen LogP contribution in [0.4, 0.5) is 0 Å². The molecule has 5 nitrogen and oxygen atoms in total. The smallest absolute Gasteiger partial charge is 0.147 e. The van der Waals surface area contributed by atoms with Gasteiger partial charge in [0.05, 0.1) is 6.04 Å². The summed E-state index contributed by atoms with van der Waals surface area (Å²) in [6, 6.07) is 3.91. The monoisotopic (exact) mass is 217 g/mol. The van der Waals surface area contributed by atoms with Crippen molar-refractivity contribution in [3.63, 3.8) is 0 Å². The fourth-order valence-electron chi connectivity index (χ4n) is 1.78. The molecule has 0 aromatic carbocycles. The van der Waals surface area contributed by atoms with Gasteiger partial charge >= 0.3 is 0 Å². The second-order valence-electron chi connectivity index (χ2n) is 3.69. The van der Waals surface area contributed by atoms with Crippen LogP contribution >= 0.6 is 0 Å². The Kier molecular flexibility index (Phi) is 2.96. The highest BCUT2D eigenvalue weighted by Gasteiger charge is 2.15. The lowest BCUT2D eigenvalue weighted by molar-refractivity contribution is 0.513. The molecule has 0 spiro atoms. The molecule has 0 fully saturated rings. The molecular formula is C11H15N5. The average Bonchev–Trinajstić information content (AvgIpc) is 2.61. The molecule has 1 unspecified atom stereocenters. The van der Waals surface area contributed by atoms with Crippen LogP contribution in [0.2, 0.25) is 0 Å². The third-order valence-electron chi connectivity index (χ3n) is 2.50. The molecule has 0 bridgehead atoms. The van der Waals surface area contributed by atoms with Crippen LogP contribution < -0.4 is 5.73 Å². The van der Waals surface area contributed by atoms with Crippen LogP contribution in [0.3, 0.4) is 0 Å². The van der Waals surface area contributed by atoms with E-state index in [9.17, 15) is 0 Å². The largest absolute Gasteiger partial charge is 0.328 e. The van der Waals surface area contributed by atoms with E-state index in [4.69, 9.17) is 5.73 Å². The lowest BCUT2D eigenvalue weighted by Crippen LogP contribution is -2.22. The Hall–Kier alpha value is -1.75. The van der Waals surface area contributed by atoms with Gasteiger partial charge in [0.15, 0.2) is 0 Å². The Labute approximate surface area is 94.3 Å². The molecule has 1 atom stereocenters. The average molecular weight is 217 g/mol. The molecule has 5 heteroatoms. The van der Waals surface area contributed by atoms with Crippen molar-refractivity contribution in [2.75, 3.05) is 6.54 Å². The van der Waals surface area contributed by atoms with Gasteiger partial charge in [-0.2, -0.15) is 5.10 Å². The fourth-order valence-corrected chi connectivity index (χ4v) is 1.78. The Bertz CT molecular complexity index is 462. The van der Waals surface area contributed by atoms with E-state index in [2.05, 4.69) is 15.1 Å². The summed E-state index contributed by atoms with van der Waals surface area (Å²) in [7, 11) is 0. The molecule has 2 aromatic heterocycles. The van der Waals surface area contributed by atoms with Gasteiger partial charge in [0.1, 0.15) is 11.6 Å². The summed E-state index contributed by atoms with van der Waals surface area (Å²) in [5.74, 6) is 1.64. The van der Waals surface area contributed by atoms with Gasteiger partial charge < -0.3 is 5.73 Å². The number of hydrogen-bond donors (Lipinski definition) is 1. The quantitative estimate of drug-likeness (QED) is 0.827. The standard InChI is InChI=1S/C11H15N5/c1-8-14-9(2)16(15-8)11(6-12)10-4-3-5-13-7-10/h3-5,7,11H,6,12H2,1-2H3. The van der Waals surface area contributed by atoms with Crippen molar-refractivity contribution in [3.05, 3.63) is 41.7 Å². The number of aromatic nitrogens is 4. The summed E-state index contributed by atoms with van der Waals surface area (Å²) < 4.78 is 1.85. The summed E-state index contributed by atoms with van der Waals surface area (Å²) in [5, 5.41) is 4.36. The van der Waals surface area contributed by atoms with Crippen LogP contribution in [0.5, 0.6) is 0 Å². The first-order valence-corrected chi connectivity index (χ1v) is 5.22. The maximum absolute atomic E-state index is 5.80. The summed E-state index contributed by atoms with van der Waals surface area (Å²) >= 11 is 0. The molecule has 0 aliphatic rings. The highest BCUT2D eigenvalue weighted by Crippen LogP contribution is 2.16. The number of rotatable bonds is 3. The molecule has 0 aliphatic heterocycles. The number of pyridine rings is 1. The van der Waals surface area contributed by atoms with Crippen molar-refractivity contribution in [3.8, 4) is 0 Å². The van der Waals surface area contributed by atoms with Gasteiger partial charge in [0.2, 0.25) is 0 Å². The predicted molar refractivity (Wildman–Crippen MR) is 60.9 cm³/mol. The van der Waals surface area contributed by atoms with Crippen molar-refractivity contribution in [2.24, 2.45) is 5.73 Å². The van der Waals surface area contributed by atoms with Crippen LogP contribution in [0.15, 0.2) is 24.5 Å². The predicted octanol–water partition coefficient (Wildman–Crippen LogP) is 0.838. The third kappa shape index (κ3) is 1.94. The van der Waals surface area contributed by atoms with Gasteiger partial charge in [-0.25, -0.2) is 9.67 Å². The van der Waals surface area contributed by atoms with E-state index >= 15 is 0 Å². The molecule has 0 radical (unpaired) electrons. The molecule has 0 saturated carbocycles. The van der Waals surface area contributed by atoms with E-state index in [0.29, 0.717) is 6.54 Å². The van der Waals surface area contributed by atoms with Crippen LogP contribution in [0.1, 0.15) is 23.3 Å². The molecule has 2 heterocycles. The fraction of sp³-hybridized carbons (Fsp3) is 0.364. The van der Waals surface area contributed by atoms with Gasteiger partial charge in [-0.3, -0.25) is 4.98 Å². The minimum absolute atomic E-state index is 0.00917. The zero-order valence-electron chi connectivity index (χ0n) is 9.46. The minimum atomic E-state index is 0.00917. The maximum atomic E-state index is 5.80. The normalized spacial score (nSPS) is 12.7. The van der Waals surface area contributed by atoms with Gasteiger partial charge in [-0.1, -0.05) is 6.07 Å². The van der Waals surface area contributed by atoms with Crippen molar-refractivity contribution < 1.29 is 0 Å². The minimum Gasteiger partial charge on any atom is -0.328 e. The summed E-state index contributed by atoms with van der Waals surface area (Å²) in [4.78, 5) is 8.38. The highest BCUT2D eigenvalue weighted by atomic mass is 15.4. The van der Waals surface area contributed by atoms with Crippen molar-refractivity contribution in [2.45, 2.75) is 19.9 Å².